The van der Waals surface area contributed by atoms with Crippen LogP contribution in [0.15, 0.2) is 0 Å². The summed E-state index contributed by atoms with van der Waals surface area (Å²) in [5.41, 5.74) is 0. The maximum Gasteiger partial charge on any atom is 0.206 e. The third-order valence-electron chi connectivity index (χ3n) is 4.03. The molecule has 0 aromatic rings. The van der Waals surface area contributed by atoms with E-state index in [1.165, 1.54) is 31.0 Å². The van der Waals surface area contributed by atoms with Gasteiger partial charge in [-0.05, 0) is 44.8 Å². The van der Waals surface area contributed by atoms with Gasteiger partial charge in [0.25, 0.3) is 0 Å². The highest BCUT2D eigenvalue weighted by Crippen LogP contribution is 2.44. The zero-order valence-electron chi connectivity index (χ0n) is 9.90. The molecule has 2 rings (SSSR count). The summed E-state index contributed by atoms with van der Waals surface area (Å²) in [4.78, 5) is 14.4. The van der Waals surface area contributed by atoms with Crippen molar-refractivity contribution >= 4 is 16.9 Å². The number of rotatable bonds is 2. The van der Waals surface area contributed by atoms with Crippen LogP contribution < -0.4 is 0 Å². The Morgan fingerprint density at radius 1 is 1.40 bits per heavy atom. The number of fused-ring (bicyclic) bond motifs is 1. The molecule has 0 aromatic heterocycles. The zero-order chi connectivity index (χ0) is 11.0. The fourth-order valence-corrected chi connectivity index (χ4v) is 3.85. The second kappa shape index (κ2) is 4.46. The third-order valence-corrected chi connectivity index (χ3v) is 4.68. The summed E-state index contributed by atoms with van der Waals surface area (Å²) >= 11 is 1.41. The smallest absolute Gasteiger partial charge is 0.206 e. The number of thioether (sulfide) groups is 1. The lowest BCUT2D eigenvalue weighted by atomic mass is 9.95. The Balaban J connectivity index is 2.17. The maximum atomic E-state index is 12.0. The van der Waals surface area contributed by atoms with Crippen molar-refractivity contribution in [2.45, 2.75) is 45.2 Å². The lowest BCUT2D eigenvalue weighted by molar-refractivity contribution is -0.116. The Labute approximate surface area is 96.8 Å². The van der Waals surface area contributed by atoms with Gasteiger partial charge in [-0.2, -0.15) is 0 Å². The van der Waals surface area contributed by atoms with Crippen LogP contribution in [-0.4, -0.2) is 34.9 Å². The second-order valence-corrected chi connectivity index (χ2v) is 5.92. The molecule has 1 aliphatic heterocycles. The molecule has 1 heterocycles. The van der Waals surface area contributed by atoms with E-state index >= 15 is 0 Å². The number of carbonyl (C=O) groups is 1. The molecule has 2 nitrogen and oxygen atoms in total. The summed E-state index contributed by atoms with van der Waals surface area (Å²) in [5, 5.41) is 0.387. The van der Waals surface area contributed by atoms with Crippen molar-refractivity contribution in [1.29, 1.82) is 0 Å². The fraction of sp³-hybridized carbons (Fsp3) is 0.917. The van der Waals surface area contributed by atoms with E-state index in [1.54, 1.807) is 0 Å². The molecule has 3 unspecified atom stereocenters. The van der Waals surface area contributed by atoms with Crippen molar-refractivity contribution in [3.8, 4) is 0 Å². The SMILES string of the molecule is CSC(=O)C1C2CCCC2CN1C(C)C. The van der Waals surface area contributed by atoms with Gasteiger partial charge in [0.1, 0.15) is 0 Å². The van der Waals surface area contributed by atoms with Crippen LogP contribution in [-0.2, 0) is 4.79 Å². The highest BCUT2D eigenvalue weighted by Gasteiger charge is 2.47. The number of carbonyl (C=O) groups excluding carboxylic acids is 1. The minimum atomic E-state index is 0.215. The van der Waals surface area contributed by atoms with Crippen LogP contribution in [0.1, 0.15) is 33.1 Å². The van der Waals surface area contributed by atoms with Gasteiger partial charge in [0.2, 0.25) is 5.12 Å². The van der Waals surface area contributed by atoms with Gasteiger partial charge in [-0.25, -0.2) is 0 Å². The molecular formula is C12H21NOS. The Bertz CT molecular complexity index is 254. The van der Waals surface area contributed by atoms with Crippen LogP contribution in [0.4, 0.5) is 0 Å². The highest BCUT2D eigenvalue weighted by atomic mass is 32.2. The molecule has 0 amide bonds. The van der Waals surface area contributed by atoms with Gasteiger partial charge in [-0.15, -0.1) is 0 Å². The quantitative estimate of drug-likeness (QED) is 0.722. The van der Waals surface area contributed by atoms with E-state index in [0.29, 0.717) is 17.1 Å². The van der Waals surface area contributed by atoms with Crippen molar-refractivity contribution in [3.05, 3.63) is 0 Å². The van der Waals surface area contributed by atoms with Crippen LogP contribution in [0.3, 0.4) is 0 Å². The van der Waals surface area contributed by atoms with Crippen molar-refractivity contribution in [2.75, 3.05) is 12.8 Å². The van der Waals surface area contributed by atoms with Gasteiger partial charge < -0.3 is 0 Å². The molecule has 15 heavy (non-hydrogen) atoms. The Morgan fingerprint density at radius 3 is 2.73 bits per heavy atom. The van der Waals surface area contributed by atoms with E-state index in [2.05, 4.69) is 18.7 Å². The van der Waals surface area contributed by atoms with E-state index in [1.807, 2.05) is 6.26 Å². The molecule has 3 atom stereocenters. The molecule has 3 heteroatoms. The lowest BCUT2D eigenvalue weighted by Crippen LogP contribution is -2.42. The molecule has 0 spiro atoms. The van der Waals surface area contributed by atoms with Crippen LogP contribution >= 0.6 is 11.8 Å². The topological polar surface area (TPSA) is 20.3 Å². The van der Waals surface area contributed by atoms with Gasteiger partial charge in [-0.1, -0.05) is 18.2 Å². The standard InChI is InChI=1S/C12H21NOS/c1-8(2)13-7-9-5-4-6-10(9)11(13)12(14)15-3/h8-11H,4-7H2,1-3H3. The summed E-state index contributed by atoms with van der Waals surface area (Å²) in [6, 6.07) is 0.726. The van der Waals surface area contributed by atoms with E-state index in [4.69, 9.17) is 0 Å². The molecule has 1 saturated heterocycles. The molecule has 1 saturated carbocycles. The average molecular weight is 227 g/mol. The second-order valence-electron chi connectivity index (χ2n) is 5.11. The maximum absolute atomic E-state index is 12.0. The minimum absolute atomic E-state index is 0.215. The van der Waals surface area contributed by atoms with E-state index in [0.717, 1.165) is 12.5 Å². The Kier molecular flexibility index (Phi) is 3.41. The fourth-order valence-electron chi connectivity index (χ4n) is 3.30. The number of nitrogens with zero attached hydrogens (tertiary/aromatic N) is 1. The van der Waals surface area contributed by atoms with Gasteiger partial charge in [0.05, 0.1) is 6.04 Å². The lowest BCUT2D eigenvalue weighted by Gasteiger charge is -2.29. The Morgan fingerprint density at radius 2 is 2.13 bits per heavy atom. The van der Waals surface area contributed by atoms with Crippen molar-refractivity contribution in [1.82, 2.24) is 4.90 Å². The largest absolute Gasteiger partial charge is 0.290 e. The van der Waals surface area contributed by atoms with Crippen LogP contribution in [0.2, 0.25) is 0 Å². The van der Waals surface area contributed by atoms with Crippen LogP contribution in [0.25, 0.3) is 0 Å². The van der Waals surface area contributed by atoms with Gasteiger partial charge in [0, 0.05) is 12.6 Å². The van der Waals surface area contributed by atoms with E-state index < -0.39 is 0 Å². The molecule has 0 radical (unpaired) electrons. The summed E-state index contributed by atoms with van der Waals surface area (Å²) < 4.78 is 0. The molecule has 0 bridgehead atoms. The zero-order valence-corrected chi connectivity index (χ0v) is 10.7. The molecule has 0 aromatic carbocycles. The van der Waals surface area contributed by atoms with Crippen LogP contribution in [0, 0.1) is 11.8 Å². The minimum Gasteiger partial charge on any atom is -0.290 e. The first kappa shape index (κ1) is 11.5. The van der Waals surface area contributed by atoms with Gasteiger partial charge in [-0.3, -0.25) is 9.69 Å². The summed E-state index contributed by atoms with van der Waals surface area (Å²) in [6.07, 6.45) is 5.86. The van der Waals surface area contributed by atoms with Gasteiger partial charge >= 0.3 is 0 Å². The molecule has 86 valence electrons. The number of likely N-dealkylation sites (tertiary alicyclic amines) is 1. The molecule has 1 aliphatic carbocycles. The third kappa shape index (κ3) is 1.96. The van der Waals surface area contributed by atoms with Crippen molar-refractivity contribution in [3.63, 3.8) is 0 Å². The number of hydrogen-bond acceptors (Lipinski definition) is 3. The first-order valence-electron chi connectivity index (χ1n) is 5.98. The molecule has 2 fully saturated rings. The summed E-state index contributed by atoms with van der Waals surface area (Å²) in [7, 11) is 0. The van der Waals surface area contributed by atoms with Gasteiger partial charge in [0.15, 0.2) is 0 Å². The molecule has 0 N–H and O–H groups in total. The summed E-state index contributed by atoms with van der Waals surface area (Å²) in [6.45, 7) is 5.57. The van der Waals surface area contributed by atoms with E-state index in [-0.39, 0.29) is 6.04 Å². The first-order valence-corrected chi connectivity index (χ1v) is 7.21. The van der Waals surface area contributed by atoms with Crippen molar-refractivity contribution in [2.24, 2.45) is 11.8 Å². The van der Waals surface area contributed by atoms with Crippen LogP contribution in [0.5, 0.6) is 0 Å². The highest BCUT2D eigenvalue weighted by molar-refractivity contribution is 8.13. The monoisotopic (exact) mass is 227 g/mol. The summed E-state index contributed by atoms with van der Waals surface area (Å²) in [5.74, 6) is 1.46. The average Bonchev–Trinajstić information content (AvgIpc) is 2.74. The Hall–Kier alpha value is -0.0200. The van der Waals surface area contributed by atoms with Crippen molar-refractivity contribution < 1.29 is 4.79 Å². The predicted molar refractivity (Wildman–Crippen MR) is 65.0 cm³/mol. The first-order chi connectivity index (χ1) is 7.15. The van der Waals surface area contributed by atoms with E-state index in [9.17, 15) is 4.79 Å². The molecular weight excluding hydrogens is 206 g/mol. The normalized spacial score (nSPS) is 36.1. The predicted octanol–water partition coefficient (Wildman–Crippen LogP) is 2.38. The number of hydrogen-bond donors (Lipinski definition) is 0. The molecule has 2 aliphatic rings.